The molecule has 2 aromatic rings. The molecule has 0 saturated carbocycles. The Morgan fingerprint density at radius 3 is 3.07 bits per heavy atom. The van der Waals surface area contributed by atoms with E-state index in [0.717, 1.165) is 16.7 Å². The smallest absolute Gasteiger partial charge is 0.266 e. The van der Waals surface area contributed by atoms with Gasteiger partial charge in [0.2, 0.25) is 0 Å². The van der Waals surface area contributed by atoms with E-state index in [0.29, 0.717) is 10.6 Å². The van der Waals surface area contributed by atoms with Gasteiger partial charge in [-0.25, -0.2) is 0 Å². The largest absolute Gasteiger partial charge is 0.497 e. The molecule has 0 fully saturated rings. The van der Waals surface area contributed by atoms with E-state index in [1.54, 1.807) is 7.11 Å². The van der Waals surface area contributed by atoms with Crippen LogP contribution in [0.2, 0.25) is 0 Å². The Balaban J connectivity index is 2.61. The second kappa shape index (κ2) is 3.31. The summed E-state index contributed by atoms with van der Waals surface area (Å²) >= 11 is 4.87. The molecule has 0 amide bonds. The number of benzene rings is 1. The topological polar surface area (TPSA) is 38.2 Å². The lowest BCUT2D eigenvalue weighted by molar-refractivity contribution is 0.371. The summed E-state index contributed by atoms with van der Waals surface area (Å²) in [4.78, 5) is 3.30. The summed E-state index contributed by atoms with van der Waals surface area (Å²) in [6.45, 7) is 3.76. The maximum absolute atomic E-state index is 5.23. The van der Waals surface area contributed by atoms with Crippen LogP contribution in [-0.2, 0) is 4.74 Å². The van der Waals surface area contributed by atoms with Crippen LogP contribution < -0.4 is 0 Å². The first-order valence-electron chi connectivity index (χ1n) is 4.07. The number of ether oxygens (including phenoxy) is 1. The Morgan fingerprint density at radius 1 is 1.57 bits per heavy atom. The third kappa shape index (κ3) is 1.44. The monoisotopic (exact) mass is 207 g/mol. The summed E-state index contributed by atoms with van der Waals surface area (Å²) < 4.78 is 10.3. The second-order valence-corrected chi connectivity index (χ2v) is 3.22. The van der Waals surface area contributed by atoms with E-state index in [4.69, 9.17) is 21.4 Å². The predicted octanol–water partition coefficient (Wildman–Crippen LogP) is 3.11. The van der Waals surface area contributed by atoms with E-state index in [-0.39, 0.29) is 0 Å². The molecule has 0 aliphatic carbocycles. The maximum atomic E-state index is 5.23. The number of hydrogen-bond donors (Lipinski definition) is 1. The van der Waals surface area contributed by atoms with E-state index in [2.05, 4.69) is 11.6 Å². The van der Waals surface area contributed by atoms with Crippen LogP contribution in [0.15, 0.2) is 29.2 Å². The molecule has 0 radical (unpaired) electrons. The minimum atomic E-state index is 0.375. The Morgan fingerprint density at radius 2 is 2.36 bits per heavy atom. The first-order chi connectivity index (χ1) is 6.70. The van der Waals surface area contributed by atoms with Gasteiger partial charge in [0.15, 0.2) is 5.58 Å². The van der Waals surface area contributed by atoms with Crippen LogP contribution in [-0.4, -0.2) is 12.1 Å². The highest BCUT2D eigenvalue weighted by Crippen LogP contribution is 2.19. The molecule has 0 bridgehead atoms. The summed E-state index contributed by atoms with van der Waals surface area (Å²) in [7, 11) is 1.59. The number of methoxy groups -OCH3 is 1. The first-order valence-corrected chi connectivity index (χ1v) is 4.47. The van der Waals surface area contributed by atoms with Gasteiger partial charge in [-0.1, -0.05) is 6.58 Å². The zero-order valence-corrected chi connectivity index (χ0v) is 8.48. The summed E-state index contributed by atoms with van der Waals surface area (Å²) in [5.41, 5.74) is 2.50. The van der Waals surface area contributed by atoms with Crippen molar-refractivity contribution in [2.75, 3.05) is 7.11 Å². The molecule has 1 N–H and O–H groups in total. The van der Waals surface area contributed by atoms with Crippen LogP contribution in [0, 0.1) is 4.84 Å². The standard InChI is InChI=1S/C10H9NO2S/c1-6(12-2)7-3-4-9-8(5-7)11-10(14)13-9/h3-5H,1H2,2H3,(H,11,14). The highest BCUT2D eigenvalue weighted by molar-refractivity contribution is 7.71. The number of oxazole rings is 1. The lowest BCUT2D eigenvalue weighted by Crippen LogP contribution is -1.84. The van der Waals surface area contributed by atoms with E-state index in [1.165, 1.54) is 0 Å². The lowest BCUT2D eigenvalue weighted by atomic mass is 10.2. The van der Waals surface area contributed by atoms with Crippen molar-refractivity contribution in [3.8, 4) is 0 Å². The van der Waals surface area contributed by atoms with Crippen LogP contribution in [0.4, 0.5) is 0 Å². The molecule has 72 valence electrons. The second-order valence-electron chi connectivity index (χ2n) is 2.85. The van der Waals surface area contributed by atoms with Crippen molar-refractivity contribution >= 4 is 29.1 Å². The molecule has 0 unspecified atom stereocenters. The predicted molar refractivity (Wildman–Crippen MR) is 57.4 cm³/mol. The van der Waals surface area contributed by atoms with Gasteiger partial charge in [0, 0.05) is 5.56 Å². The van der Waals surface area contributed by atoms with Gasteiger partial charge in [-0.15, -0.1) is 0 Å². The van der Waals surface area contributed by atoms with Crippen molar-refractivity contribution in [3.05, 3.63) is 35.2 Å². The molecule has 0 aliphatic heterocycles. The quantitative estimate of drug-likeness (QED) is 0.607. The van der Waals surface area contributed by atoms with Crippen molar-refractivity contribution in [2.24, 2.45) is 0 Å². The van der Waals surface area contributed by atoms with Crippen LogP contribution in [0.5, 0.6) is 0 Å². The molecule has 3 nitrogen and oxygen atoms in total. The summed E-state index contributed by atoms with van der Waals surface area (Å²) in [6, 6.07) is 5.60. The molecule has 0 spiro atoms. The van der Waals surface area contributed by atoms with Crippen LogP contribution >= 0.6 is 12.2 Å². The van der Waals surface area contributed by atoms with Gasteiger partial charge in [-0.2, -0.15) is 0 Å². The molecule has 0 atom stereocenters. The molecule has 2 rings (SSSR count). The van der Waals surface area contributed by atoms with Gasteiger partial charge in [0.25, 0.3) is 4.84 Å². The Kier molecular flexibility index (Phi) is 2.13. The fraction of sp³-hybridized carbons (Fsp3) is 0.100. The normalized spacial score (nSPS) is 10.4. The maximum Gasteiger partial charge on any atom is 0.266 e. The van der Waals surface area contributed by atoms with Crippen LogP contribution in [0.25, 0.3) is 16.9 Å². The van der Waals surface area contributed by atoms with Crippen LogP contribution in [0.1, 0.15) is 5.56 Å². The molecule has 0 aliphatic rings. The highest BCUT2D eigenvalue weighted by Gasteiger charge is 2.02. The van der Waals surface area contributed by atoms with Crippen molar-refractivity contribution in [1.29, 1.82) is 0 Å². The van der Waals surface area contributed by atoms with Crippen molar-refractivity contribution in [3.63, 3.8) is 0 Å². The van der Waals surface area contributed by atoms with Gasteiger partial charge in [-0.3, -0.25) is 0 Å². The van der Waals surface area contributed by atoms with Gasteiger partial charge < -0.3 is 14.1 Å². The Labute approximate surface area is 86.0 Å². The number of H-pyrrole nitrogens is 1. The minimum absolute atomic E-state index is 0.375. The fourth-order valence-corrected chi connectivity index (χ4v) is 1.44. The number of fused-ring (bicyclic) bond motifs is 1. The molecule has 1 aromatic carbocycles. The lowest BCUT2D eigenvalue weighted by Gasteiger charge is -2.02. The average molecular weight is 207 g/mol. The van der Waals surface area contributed by atoms with Gasteiger partial charge in [0.1, 0.15) is 5.76 Å². The number of aromatic amines is 1. The van der Waals surface area contributed by atoms with E-state index in [9.17, 15) is 0 Å². The van der Waals surface area contributed by atoms with Gasteiger partial charge in [-0.05, 0) is 30.4 Å². The summed E-state index contributed by atoms with van der Waals surface area (Å²) in [6.07, 6.45) is 0. The highest BCUT2D eigenvalue weighted by atomic mass is 32.1. The SMILES string of the molecule is C=C(OC)c1ccc2oc(=S)[nH]c2c1. The Bertz CT molecular complexity index is 538. The third-order valence-electron chi connectivity index (χ3n) is 1.99. The molecule has 4 heteroatoms. The molecule has 1 aromatic heterocycles. The van der Waals surface area contributed by atoms with Gasteiger partial charge in [0.05, 0.1) is 12.6 Å². The van der Waals surface area contributed by atoms with Crippen molar-refractivity contribution < 1.29 is 9.15 Å². The summed E-state index contributed by atoms with van der Waals surface area (Å²) in [5, 5.41) is 0. The molecule has 1 heterocycles. The van der Waals surface area contributed by atoms with E-state index >= 15 is 0 Å². The zero-order valence-electron chi connectivity index (χ0n) is 7.66. The first kappa shape index (κ1) is 9.02. The summed E-state index contributed by atoms with van der Waals surface area (Å²) in [5.74, 6) is 0.618. The fourth-order valence-electron chi connectivity index (χ4n) is 1.24. The van der Waals surface area contributed by atoms with Crippen molar-refractivity contribution in [2.45, 2.75) is 0 Å². The van der Waals surface area contributed by atoms with Crippen molar-refractivity contribution in [1.82, 2.24) is 4.98 Å². The molecular weight excluding hydrogens is 198 g/mol. The van der Waals surface area contributed by atoms with E-state index in [1.807, 2.05) is 18.2 Å². The number of aromatic nitrogens is 1. The average Bonchev–Trinajstić information content (AvgIpc) is 2.55. The van der Waals surface area contributed by atoms with Gasteiger partial charge >= 0.3 is 0 Å². The molecular formula is C10H9NO2S. The molecule has 14 heavy (non-hydrogen) atoms. The van der Waals surface area contributed by atoms with E-state index < -0.39 is 0 Å². The van der Waals surface area contributed by atoms with Crippen LogP contribution in [0.3, 0.4) is 0 Å². The minimum Gasteiger partial charge on any atom is -0.497 e. The molecule has 0 saturated heterocycles. The zero-order chi connectivity index (χ0) is 10.1. The number of hydrogen-bond acceptors (Lipinski definition) is 3. The number of nitrogens with one attached hydrogen (secondary N) is 1. The number of rotatable bonds is 2. The Hall–Kier alpha value is -1.55. The third-order valence-corrected chi connectivity index (χ3v) is 2.17.